The first-order valence-electron chi connectivity index (χ1n) is 3.48. The second-order valence-electron chi connectivity index (χ2n) is 2.66. The molecule has 2 N–H and O–H groups in total. The molecule has 0 amide bonds. The highest BCUT2D eigenvalue weighted by atomic mass is 35.5. The molecule has 0 aliphatic carbocycles. The van der Waals surface area contributed by atoms with Crippen molar-refractivity contribution in [2.45, 2.75) is 20.4 Å². The van der Waals surface area contributed by atoms with Crippen LogP contribution in [0.3, 0.4) is 0 Å². The summed E-state index contributed by atoms with van der Waals surface area (Å²) in [5, 5.41) is 0. The zero-order valence-electron chi connectivity index (χ0n) is 7.22. The fourth-order valence-corrected chi connectivity index (χ4v) is 1.14. The number of hydrogen-bond acceptors (Lipinski definition) is 1. The minimum Gasteiger partial charge on any atom is -0.352 e. The molecular formula is C8H15ClN2. The number of hydrogen-bond donors (Lipinski definition) is 1. The summed E-state index contributed by atoms with van der Waals surface area (Å²) in [6, 6.07) is 2.13. The van der Waals surface area contributed by atoms with Gasteiger partial charge in [-0.3, -0.25) is 0 Å². The molecule has 0 radical (unpaired) electrons. The molecule has 64 valence electrons. The van der Waals surface area contributed by atoms with Crippen LogP contribution < -0.4 is 5.73 Å². The van der Waals surface area contributed by atoms with Gasteiger partial charge < -0.3 is 10.3 Å². The van der Waals surface area contributed by atoms with E-state index in [1.54, 1.807) is 0 Å². The Balaban J connectivity index is 0.000001000. The number of aryl methyl sites for hydroxylation is 1. The minimum absolute atomic E-state index is 0. The molecule has 3 heteroatoms. The van der Waals surface area contributed by atoms with Gasteiger partial charge >= 0.3 is 0 Å². The standard InChI is InChI=1S/C8H14N2.ClH/c1-6-4-8(5-9)7(2)10(6)3;/h4H,5,9H2,1-3H3;1H. The molecule has 1 rings (SSSR count). The summed E-state index contributed by atoms with van der Waals surface area (Å²) < 4.78 is 2.15. The van der Waals surface area contributed by atoms with Gasteiger partial charge in [-0.25, -0.2) is 0 Å². The second-order valence-corrected chi connectivity index (χ2v) is 2.66. The molecule has 0 fully saturated rings. The average molecular weight is 175 g/mol. The van der Waals surface area contributed by atoms with Crippen molar-refractivity contribution in [1.29, 1.82) is 0 Å². The maximum Gasteiger partial charge on any atom is 0.0196 e. The van der Waals surface area contributed by atoms with Crippen LogP contribution in [0.1, 0.15) is 17.0 Å². The maximum absolute atomic E-state index is 5.52. The van der Waals surface area contributed by atoms with Gasteiger partial charge in [0.15, 0.2) is 0 Å². The third kappa shape index (κ3) is 1.76. The smallest absolute Gasteiger partial charge is 0.0196 e. The van der Waals surface area contributed by atoms with Crippen molar-refractivity contribution >= 4 is 12.4 Å². The average Bonchev–Trinajstić information content (AvgIpc) is 2.17. The predicted octanol–water partition coefficient (Wildman–Crippen LogP) is 1.52. The molecule has 1 aromatic rings. The van der Waals surface area contributed by atoms with Crippen LogP contribution in [0, 0.1) is 13.8 Å². The lowest BCUT2D eigenvalue weighted by molar-refractivity contribution is 0.834. The highest BCUT2D eigenvalue weighted by molar-refractivity contribution is 5.85. The van der Waals surface area contributed by atoms with Crippen molar-refractivity contribution in [1.82, 2.24) is 4.57 Å². The van der Waals surface area contributed by atoms with Crippen molar-refractivity contribution < 1.29 is 0 Å². The van der Waals surface area contributed by atoms with Crippen molar-refractivity contribution in [2.24, 2.45) is 12.8 Å². The number of nitrogens with zero attached hydrogens (tertiary/aromatic N) is 1. The quantitative estimate of drug-likeness (QED) is 0.688. The molecule has 0 saturated carbocycles. The zero-order chi connectivity index (χ0) is 7.72. The van der Waals surface area contributed by atoms with E-state index in [-0.39, 0.29) is 12.4 Å². The molecule has 11 heavy (non-hydrogen) atoms. The first-order chi connectivity index (χ1) is 4.66. The summed E-state index contributed by atoms with van der Waals surface area (Å²) >= 11 is 0. The molecule has 0 aromatic carbocycles. The number of nitrogens with two attached hydrogens (primary N) is 1. The van der Waals surface area contributed by atoms with Crippen molar-refractivity contribution in [3.8, 4) is 0 Å². The van der Waals surface area contributed by atoms with Gasteiger partial charge in [0.25, 0.3) is 0 Å². The summed E-state index contributed by atoms with van der Waals surface area (Å²) in [7, 11) is 2.06. The van der Waals surface area contributed by atoms with Crippen LogP contribution >= 0.6 is 12.4 Å². The lowest BCUT2D eigenvalue weighted by Crippen LogP contribution is -1.99. The Bertz CT molecular complexity index is 240. The second kappa shape index (κ2) is 3.79. The van der Waals surface area contributed by atoms with Crippen molar-refractivity contribution in [3.63, 3.8) is 0 Å². The summed E-state index contributed by atoms with van der Waals surface area (Å²) in [6.45, 7) is 4.83. The van der Waals surface area contributed by atoms with E-state index in [1.165, 1.54) is 17.0 Å². The van der Waals surface area contributed by atoms with Gasteiger partial charge in [-0.1, -0.05) is 0 Å². The first-order valence-corrected chi connectivity index (χ1v) is 3.48. The summed E-state index contributed by atoms with van der Waals surface area (Å²) in [4.78, 5) is 0. The van der Waals surface area contributed by atoms with Crippen LogP contribution in [0.5, 0.6) is 0 Å². The van der Waals surface area contributed by atoms with E-state index in [2.05, 4.69) is 31.5 Å². The van der Waals surface area contributed by atoms with Crippen molar-refractivity contribution in [3.05, 3.63) is 23.0 Å². The first kappa shape index (κ1) is 10.5. The molecule has 0 atom stereocenters. The van der Waals surface area contributed by atoms with Gasteiger partial charge in [-0.15, -0.1) is 12.4 Å². The van der Waals surface area contributed by atoms with E-state index in [0.717, 1.165) is 0 Å². The molecular weight excluding hydrogens is 160 g/mol. The lowest BCUT2D eigenvalue weighted by atomic mass is 10.2. The van der Waals surface area contributed by atoms with Gasteiger partial charge in [0, 0.05) is 25.0 Å². The number of rotatable bonds is 1. The van der Waals surface area contributed by atoms with E-state index >= 15 is 0 Å². The largest absolute Gasteiger partial charge is 0.352 e. The Labute approximate surface area is 73.8 Å². The Kier molecular flexibility index (Phi) is 3.63. The summed E-state index contributed by atoms with van der Waals surface area (Å²) in [6.07, 6.45) is 0. The molecule has 1 heterocycles. The Morgan fingerprint density at radius 1 is 1.45 bits per heavy atom. The van der Waals surface area contributed by atoms with Gasteiger partial charge in [-0.05, 0) is 25.5 Å². The Hall–Kier alpha value is -0.470. The van der Waals surface area contributed by atoms with Gasteiger partial charge in [0.1, 0.15) is 0 Å². The molecule has 0 aliphatic rings. The zero-order valence-corrected chi connectivity index (χ0v) is 8.03. The molecule has 0 aliphatic heterocycles. The fraction of sp³-hybridized carbons (Fsp3) is 0.500. The normalized spacial score (nSPS) is 9.45. The monoisotopic (exact) mass is 174 g/mol. The minimum atomic E-state index is 0. The van der Waals surface area contributed by atoms with Crippen LogP contribution in [-0.4, -0.2) is 4.57 Å². The third-order valence-corrected chi connectivity index (χ3v) is 2.10. The molecule has 2 nitrogen and oxygen atoms in total. The third-order valence-electron chi connectivity index (χ3n) is 2.10. The van der Waals surface area contributed by atoms with E-state index in [1.807, 2.05) is 0 Å². The number of halogens is 1. The highest BCUT2D eigenvalue weighted by Gasteiger charge is 2.02. The topological polar surface area (TPSA) is 30.9 Å². The van der Waals surface area contributed by atoms with E-state index in [0.29, 0.717) is 6.54 Å². The molecule has 0 saturated heterocycles. The van der Waals surface area contributed by atoms with E-state index in [9.17, 15) is 0 Å². The van der Waals surface area contributed by atoms with Gasteiger partial charge in [0.2, 0.25) is 0 Å². The lowest BCUT2D eigenvalue weighted by Gasteiger charge is -1.99. The Morgan fingerprint density at radius 3 is 2.18 bits per heavy atom. The van der Waals surface area contributed by atoms with Gasteiger partial charge in [0.05, 0.1) is 0 Å². The highest BCUT2D eigenvalue weighted by Crippen LogP contribution is 2.11. The van der Waals surface area contributed by atoms with Crippen LogP contribution in [-0.2, 0) is 13.6 Å². The van der Waals surface area contributed by atoms with E-state index < -0.39 is 0 Å². The van der Waals surface area contributed by atoms with Crippen LogP contribution in [0.25, 0.3) is 0 Å². The predicted molar refractivity (Wildman–Crippen MR) is 50.0 cm³/mol. The summed E-state index contributed by atoms with van der Waals surface area (Å²) in [5.41, 5.74) is 9.32. The molecule has 1 aromatic heterocycles. The molecule has 0 bridgehead atoms. The van der Waals surface area contributed by atoms with E-state index in [4.69, 9.17) is 5.73 Å². The maximum atomic E-state index is 5.52. The summed E-state index contributed by atoms with van der Waals surface area (Å²) in [5.74, 6) is 0. The van der Waals surface area contributed by atoms with Crippen LogP contribution in [0.4, 0.5) is 0 Å². The molecule has 0 spiro atoms. The number of aromatic nitrogens is 1. The SMILES string of the molecule is Cc1cc(CN)c(C)n1C.Cl. The van der Waals surface area contributed by atoms with Crippen LogP contribution in [0.2, 0.25) is 0 Å². The Morgan fingerprint density at radius 2 is 2.00 bits per heavy atom. The van der Waals surface area contributed by atoms with Gasteiger partial charge in [-0.2, -0.15) is 0 Å². The van der Waals surface area contributed by atoms with Crippen LogP contribution in [0.15, 0.2) is 6.07 Å². The fourth-order valence-electron chi connectivity index (χ4n) is 1.14. The molecule has 0 unspecified atom stereocenters. The van der Waals surface area contributed by atoms with Crippen molar-refractivity contribution in [2.75, 3.05) is 0 Å².